The lowest BCUT2D eigenvalue weighted by Crippen LogP contribution is -2.21. The molecule has 3 aromatic rings. The van der Waals surface area contributed by atoms with E-state index in [1.54, 1.807) is 18.4 Å². The Morgan fingerprint density at radius 2 is 2.13 bits per heavy atom. The average molecular weight is 313 g/mol. The molecule has 3 rings (SSSR count). The second-order valence-corrected chi connectivity index (χ2v) is 5.35. The van der Waals surface area contributed by atoms with Crippen molar-refractivity contribution in [2.24, 2.45) is 0 Å². The maximum absolute atomic E-state index is 11.4. The minimum Gasteiger partial charge on any atom is -0.506 e. The first kappa shape index (κ1) is 15.3. The van der Waals surface area contributed by atoms with Gasteiger partial charge in [-0.3, -0.25) is 4.79 Å². The van der Waals surface area contributed by atoms with Crippen molar-refractivity contribution in [3.63, 3.8) is 0 Å². The number of benzene rings is 1. The average Bonchev–Trinajstić information content (AvgIpc) is 2.93. The Morgan fingerprint density at radius 3 is 2.87 bits per heavy atom. The van der Waals surface area contributed by atoms with Crippen LogP contribution >= 0.6 is 0 Å². The molecule has 0 aliphatic rings. The molecule has 0 amide bonds. The third-order valence-corrected chi connectivity index (χ3v) is 3.64. The van der Waals surface area contributed by atoms with Gasteiger partial charge in [-0.1, -0.05) is 6.07 Å². The Balaban J connectivity index is 1.77. The van der Waals surface area contributed by atoms with Crippen molar-refractivity contribution in [2.75, 3.05) is 6.54 Å². The molecular formula is C17H17N2O4. The first-order valence-corrected chi connectivity index (χ1v) is 7.17. The van der Waals surface area contributed by atoms with E-state index in [0.29, 0.717) is 35.3 Å². The molecule has 0 fully saturated rings. The maximum atomic E-state index is 11.4. The summed E-state index contributed by atoms with van der Waals surface area (Å²) in [6.45, 7) is 4.55. The molecule has 0 saturated carbocycles. The Bertz CT molecular complexity index is 882. The molecular weight excluding hydrogens is 296 g/mol. The van der Waals surface area contributed by atoms with Crippen LogP contribution in [-0.2, 0) is 6.54 Å². The number of phenolic OH excluding ortho intramolecular Hbond substituents is 1. The minimum atomic E-state index is -0.782. The fourth-order valence-electron chi connectivity index (χ4n) is 2.53. The summed E-state index contributed by atoms with van der Waals surface area (Å²) in [5.41, 5.74) is 1.60. The summed E-state index contributed by atoms with van der Waals surface area (Å²) in [5.74, 6) is 0.568. The highest BCUT2D eigenvalue weighted by atomic mass is 16.3. The van der Waals surface area contributed by atoms with Gasteiger partial charge in [-0.2, -0.15) is 0 Å². The largest absolute Gasteiger partial charge is 0.506 e. The summed E-state index contributed by atoms with van der Waals surface area (Å²) in [5, 5.41) is 24.0. The van der Waals surface area contributed by atoms with E-state index in [4.69, 9.17) is 4.42 Å². The molecule has 0 aliphatic carbocycles. The zero-order chi connectivity index (χ0) is 16.4. The number of hydrogen-bond donors (Lipinski definition) is 4. The van der Waals surface area contributed by atoms with Gasteiger partial charge in [0.2, 0.25) is 5.56 Å². The van der Waals surface area contributed by atoms with Crippen LogP contribution in [0.15, 0.2) is 45.8 Å². The first-order chi connectivity index (χ1) is 11.0. The number of furan rings is 1. The molecule has 0 unspecified atom stereocenters. The molecule has 2 aromatic heterocycles. The number of aliphatic hydroxyl groups excluding tert-OH is 1. The summed E-state index contributed by atoms with van der Waals surface area (Å²) in [4.78, 5) is 14.0. The van der Waals surface area contributed by atoms with Gasteiger partial charge < -0.3 is 24.9 Å². The van der Waals surface area contributed by atoms with Crippen molar-refractivity contribution in [1.82, 2.24) is 10.3 Å². The number of aromatic amines is 1. The normalized spacial score (nSPS) is 12.6. The number of aromatic hydroxyl groups is 1. The second kappa shape index (κ2) is 6.28. The van der Waals surface area contributed by atoms with Crippen LogP contribution in [0, 0.1) is 6.92 Å². The van der Waals surface area contributed by atoms with Gasteiger partial charge in [0.05, 0.1) is 17.9 Å². The van der Waals surface area contributed by atoms with Crippen molar-refractivity contribution < 1.29 is 14.6 Å². The minimum absolute atomic E-state index is 0.0250. The quantitative estimate of drug-likeness (QED) is 0.576. The number of hydrogen-bond acceptors (Lipinski definition) is 5. The molecule has 6 heteroatoms. The van der Waals surface area contributed by atoms with Gasteiger partial charge in [0.25, 0.3) is 0 Å². The topological polar surface area (TPSA) is 98.5 Å². The molecule has 0 aliphatic heterocycles. The molecule has 1 aromatic carbocycles. The van der Waals surface area contributed by atoms with Crippen LogP contribution in [0.25, 0.3) is 10.9 Å². The van der Waals surface area contributed by atoms with Gasteiger partial charge in [0, 0.05) is 37.0 Å². The van der Waals surface area contributed by atoms with Crippen molar-refractivity contribution in [1.29, 1.82) is 0 Å². The molecule has 0 saturated heterocycles. The molecule has 4 N–H and O–H groups in total. The van der Waals surface area contributed by atoms with Crippen LogP contribution in [0.3, 0.4) is 0 Å². The van der Waals surface area contributed by atoms with Crippen molar-refractivity contribution >= 4 is 10.9 Å². The smallest absolute Gasteiger partial charge is 0.248 e. The predicted octanol–water partition coefficient (Wildman–Crippen LogP) is 1.83. The zero-order valence-electron chi connectivity index (χ0n) is 12.4. The van der Waals surface area contributed by atoms with Gasteiger partial charge in [0.15, 0.2) is 0 Å². The van der Waals surface area contributed by atoms with E-state index in [1.807, 2.05) is 6.07 Å². The lowest BCUT2D eigenvalue weighted by Gasteiger charge is -2.15. The number of nitrogens with one attached hydrogen (secondary N) is 2. The van der Waals surface area contributed by atoms with E-state index in [1.165, 1.54) is 12.1 Å². The fourth-order valence-corrected chi connectivity index (χ4v) is 2.53. The number of phenols is 1. The van der Waals surface area contributed by atoms with Crippen molar-refractivity contribution in [2.45, 2.75) is 12.6 Å². The lowest BCUT2D eigenvalue weighted by atomic mass is 10.0. The fraction of sp³-hybridized carbons (Fsp3) is 0.176. The lowest BCUT2D eigenvalue weighted by molar-refractivity contribution is 0.176. The number of aliphatic hydroxyl groups is 1. The van der Waals surface area contributed by atoms with Crippen LogP contribution < -0.4 is 10.9 Å². The highest BCUT2D eigenvalue weighted by molar-refractivity contribution is 5.87. The third kappa shape index (κ3) is 3.28. The number of pyridine rings is 1. The highest BCUT2D eigenvalue weighted by Crippen LogP contribution is 2.28. The van der Waals surface area contributed by atoms with Crippen molar-refractivity contribution in [3.05, 3.63) is 70.8 Å². The predicted molar refractivity (Wildman–Crippen MR) is 86.1 cm³/mol. The van der Waals surface area contributed by atoms with Crippen molar-refractivity contribution in [3.8, 4) is 5.75 Å². The van der Waals surface area contributed by atoms with Crippen LogP contribution in [-0.4, -0.2) is 21.7 Å². The zero-order valence-corrected chi connectivity index (χ0v) is 12.4. The third-order valence-electron chi connectivity index (χ3n) is 3.64. The number of rotatable bonds is 5. The standard InChI is InChI=1S/C17H17N2O4/c1-10-6-11(9-23-10)7-18-8-15(21)12-2-4-14(20)17-13(12)3-5-16(22)19-17/h2-6,9,15,18,20-21H,1,7-8H2,(H,19,22)/t15-/m0/s1. The molecule has 6 nitrogen and oxygen atoms in total. The van der Waals surface area contributed by atoms with E-state index in [9.17, 15) is 15.0 Å². The second-order valence-electron chi connectivity index (χ2n) is 5.35. The van der Waals surface area contributed by atoms with Crippen LogP contribution in [0.1, 0.15) is 23.0 Å². The molecule has 0 bridgehead atoms. The summed E-state index contributed by atoms with van der Waals surface area (Å²) in [7, 11) is 0. The molecule has 1 radical (unpaired) electrons. The van der Waals surface area contributed by atoms with Gasteiger partial charge in [0.1, 0.15) is 11.5 Å². The van der Waals surface area contributed by atoms with E-state index >= 15 is 0 Å². The molecule has 1 atom stereocenters. The summed E-state index contributed by atoms with van der Waals surface area (Å²) in [6.07, 6.45) is 0.831. The van der Waals surface area contributed by atoms with Gasteiger partial charge in [-0.25, -0.2) is 0 Å². The first-order valence-electron chi connectivity index (χ1n) is 7.17. The highest BCUT2D eigenvalue weighted by Gasteiger charge is 2.13. The maximum Gasteiger partial charge on any atom is 0.248 e. The van der Waals surface area contributed by atoms with Gasteiger partial charge >= 0.3 is 0 Å². The summed E-state index contributed by atoms with van der Waals surface area (Å²) >= 11 is 0. The van der Waals surface area contributed by atoms with E-state index in [-0.39, 0.29) is 11.3 Å². The molecule has 23 heavy (non-hydrogen) atoms. The number of aromatic nitrogens is 1. The van der Waals surface area contributed by atoms with Gasteiger partial charge in [-0.15, -0.1) is 0 Å². The Hall–Kier alpha value is -2.57. The van der Waals surface area contributed by atoms with Crippen LogP contribution in [0.5, 0.6) is 5.75 Å². The Labute approximate surface area is 132 Å². The van der Waals surface area contributed by atoms with E-state index < -0.39 is 6.10 Å². The summed E-state index contributed by atoms with van der Waals surface area (Å²) < 4.78 is 5.11. The number of H-pyrrole nitrogens is 1. The molecule has 0 spiro atoms. The molecule has 2 heterocycles. The van der Waals surface area contributed by atoms with E-state index in [0.717, 1.165) is 5.56 Å². The monoisotopic (exact) mass is 313 g/mol. The number of fused-ring (bicyclic) bond motifs is 1. The van der Waals surface area contributed by atoms with Gasteiger partial charge in [-0.05, 0) is 23.8 Å². The van der Waals surface area contributed by atoms with E-state index in [2.05, 4.69) is 17.2 Å². The summed E-state index contributed by atoms with van der Waals surface area (Å²) in [6, 6.07) is 7.89. The molecule has 119 valence electrons. The van der Waals surface area contributed by atoms with Crippen LogP contribution in [0.2, 0.25) is 0 Å². The Morgan fingerprint density at radius 1 is 1.30 bits per heavy atom. The SMILES string of the molecule is [CH2]c1cc(CNC[C@H](O)c2ccc(O)c3[nH]c(=O)ccc23)co1. The van der Waals surface area contributed by atoms with Crippen LogP contribution in [0.4, 0.5) is 0 Å². The Kier molecular flexibility index (Phi) is 4.18.